The molecule has 9 nitrogen and oxygen atoms in total. The van der Waals surface area contributed by atoms with Gasteiger partial charge in [0.25, 0.3) is 0 Å². The van der Waals surface area contributed by atoms with Crippen LogP contribution in [-0.2, 0) is 40.9 Å². The van der Waals surface area contributed by atoms with E-state index in [0.29, 0.717) is 49.5 Å². The van der Waals surface area contributed by atoms with Gasteiger partial charge in [-0.25, -0.2) is 4.79 Å². The third kappa shape index (κ3) is 12.2. The number of carbonyl (C=O) groups excluding carboxylic acids is 2. The molecule has 0 bridgehead atoms. The number of esters is 2. The highest BCUT2D eigenvalue weighted by molar-refractivity contribution is 7.54. The van der Waals surface area contributed by atoms with Gasteiger partial charge in [-0.05, 0) is 50.8 Å². The van der Waals surface area contributed by atoms with Crippen LogP contribution in [-0.4, -0.2) is 68.8 Å². The van der Waals surface area contributed by atoms with Gasteiger partial charge in [-0.15, -0.1) is 0 Å². The van der Waals surface area contributed by atoms with Gasteiger partial charge in [0.2, 0.25) is 0 Å². The number of fused-ring (bicyclic) bond motifs is 1. The quantitative estimate of drug-likeness (QED) is 0.0618. The van der Waals surface area contributed by atoms with Crippen molar-refractivity contribution >= 4 is 35.7 Å². The summed E-state index contributed by atoms with van der Waals surface area (Å²) in [5.74, 6) is 0.166. The van der Waals surface area contributed by atoms with Crippen LogP contribution in [0.3, 0.4) is 0 Å². The zero-order chi connectivity index (χ0) is 34.0. The van der Waals surface area contributed by atoms with E-state index in [2.05, 4.69) is 45.4 Å². The molecule has 0 saturated heterocycles. The van der Waals surface area contributed by atoms with Crippen LogP contribution in [0.1, 0.15) is 46.8 Å². The number of benzene rings is 1. The Kier molecular flexibility index (Phi) is 14.8. The molecule has 0 aliphatic carbocycles. The summed E-state index contributed by atoms with van der Waals surface area (Å²) in [6.07, 6.45) is 7.10. The van der Waals surface area contributed by atoms with Crippen LogP contribution in [0.5, 0.6) is 11.5 Å². The predicted octanol–water partition coefficient (Wildman–Crippen LogP) is 8.20. The van der Waals surface area contributed by atoms with E-state index in [1.54, 1.807) is 13.2 Å². The molecule has 45 heavy (non-hydrogen) atoms. The fourth-order valence-electron chi connectivity index (χ4n) is 4.90. The fraction of sp³-hybridized carbons (Fsp3) is 0.636. The minimum Gasteiger partial charge on any atom is -0.496 e. The van der Waals surface area contributed by atoms with Crippen molar-refractivity contribution in [2.24, 2.45) is 5.92 Å². The molecule has 0 saturated carbocycles. The average molecular weight is 683 g/mol. The Balaban J connectivity index is 2.36. The molecule has 1 aliphatic heterocycles. The van der Waals surface area contributed by atoms with E-state index in [0.717, 1.165) is 34.4 Å². The lowest BCUT2D eigenvalue weighted by Crippen LogP contribution is -2.25. The van der Waals surface area contributed by atoms with Gasteiger partial charge in [0.05, 0.1) is 32.4 Å². The number of allylic oxidation sites excluding steroid dienone is 4. The van der Waals surface area contributed by atoms with E-state index in [1.807, 2.05) is 19.9 Å². The van der Waals surface area contributed by atoms with Crippen LogP contribution in [0.15, 0.2) is 23.8 Å². The van der Waals surface area contributed by atoms with Crippen LogP contribution in [0.2, 0.25) is 51.4 Å². The summed E-state index contributed by atoms with van der Waals surface area (Å²) in [5.41, 5.74) is 3.96. The van der Waals surface area contributed by atoms with Crippen molar-refractivity contribution in [3.63, 3.8) is 0 Å². The molecule has 1 aromatic carbocycles. The van der Waals surface area contributed by atoms with E-state index >= 15 is 0 Å². The Hall–Kier alpha value is -2.18. The third-order valence-electron chi connectivity index (χ3n) is 7.85. The summed E-state index contributed by atoms with van der Waals surface area (Å²) in [6.45, 7) is 18.6. The van der Waals surface area contributed by atoms with Crippen LogP contribution in [0.25, 0.3) is 0 Å². The highest BCUT2D eigenvalue weighted by Gasteiger charge is 2.33. The molecule has 1 atom stereocenters. The maximum absolute atomic E-state index is 13.2. The van der Waals surface area contributed by atoms with Crippen molar-refractivity contribution in [3.05, 3.63) is 46.1 Å². The zero-order valence-electron chi connectivity index (χ0n) is 29.3. The monoisotopic (exact) mass is 682 g/mol. The first-order chi connectivity index (χ1) is 20.9. The maximum Gasteiger partial charge on any atom is 0.342 e. The highest BCUT2D eigenvalue weighted by atomic mass is 31.2. The number of cyclic esters (lactones) is 1. The smallest absolute Gasteiger partial charge is 0.342 e. The van der Waals surface area contributed by atoms with Crippen LogP contribution in [0, 0.1) is 12.8 Å². The molecule has 1 aliphatic rings. The van der Waals surface area contributed by atoms with Crippen molar-refractivity contribution in [2.45, 2.75) is 91.1 Å². The molecule has 1 unspecified atom stereocenters. The third-order valence-corrected chi connectivity index (χ3v) is 13.0. The minimum absolute atomic E-state index is 0.118. The Labute approximate surface area is 272 Å². The van der Waals surface area contributed by atoms with Crippen molar-refractivity contribution in [1.29, 1.82) is 0 Å². The summed E-state index contributed by atoms with van der Waals surface area (Å²) in [5, 5.41) is 0. The largest absolute Gasteiger partial charge is 0.496 e. The summed E-state index contributed by atoms with van der Waals surface area (Å²) >= 11 is 0. The summed E-state index contributed by atoms with van der Waals surface area (Å²) in [7, 11) is -1.59. The van der Waals surface area contributed by atoms with Gasteiger partial charge in [0.1, 0.15) is 23.7 Å². The second-order valence-corrected chi connectivity index (χ2v) is 27.6. The molecule has 0 radical (unpaired) electrons. The Bertz CT molecular complexity index is 1280. The molecular weight excluding hydrogens is 628 g/mol. The molecule has 254 valence electrons. The zero-order valence-corrected chi connectivity index (χ0v) is 32.2. The number of ether oxygens (including phenoxy) is 4. The molecule has 0 fully saturated rings. The van der Waals surface area contributed by atoms with Crippen molar-refractivity contribution < 1.29 is 42.1 Å². The van der Waals surface area contributed by atoms with Crippen LogP contribution >= 0.6 is 7.60 Å². The Morgan fingerprint density at radius 1 is 0.978 bits per heavy atom. The summed E-state index contributed by atoms with van der Waals surface area (Å²) in [6, 6.07) is 1.84. The molecular formula is C33H55O9PSi2. The normalized spacial score (nSPS) is 14.8. The van der Waals surface area contributed by atoms with Crippen molar-refractivity contribution in [1.82, 2.24) is 0 Å². The molecule has 0 aromatic heterocycles. The van der Waals surface area contributed by atoms with E-state index < -0.39 is 29.7 Å². The van der Waals surface area contributed by atoms with Gasteiger partial charge in [-0.2, -0.15) is 0 Å². The highest BCUT2D eigenvalue weighted by Crippen LogP contribution is 2.46. The molecule has 1 aromatic rings. The Morgan fingerprint density at radius 3 is 2.18 bits per heavy atom. The molecule has 0 amide bonds. The summed E-state index contributed by atoms with van der Waals surface area (Å²) in [4.78, 5) is 26.1. The van der Waals surface area contributed by atoms with Gasteiger partial charge in [-0.3, -0.25) is 9.36 Å². The SMILES string of the molecule is COc1c(C)c2c(c(OCC[Si](C)(C)C)c1CC=C(C)CC(CC=CCP(=O)(OC)OC)C(=O)OCC[Si](C)(C)C)C(=O)OC2. The lowest BCUT2D eigenvalue weighted by Gasteiger charge is -2.22. The molecule has 0 spiro atoms. The van der Waals surface area contributed by atoms with Crippen molar-refractivity contribution in [3.8, 4) is 11.5 Å². The first kappa shape index (κ1) is 39.0. The van der Waals surface area contributed by atoms with Gasteiger partial charge >= 0.3 is 19.5 Å². The van der Waals surface area contributed by atoms with Gasteiger partial charge in [0.15, 0.2) is 0 Å². The van der Waals surface area contributed by atoms with Crippen LogP contribution in [0.4, 0.5) is 0 Å². The fourth-order valence-corrected chi connectivity index (χ4v) is 7.19. The average Bonchev–Trinajstić information content (AvgIpc) is 3.34. The second kappa shape index (κ2) is 17.1. The lowest BCUT2D eigenvalue weighted by molar-refractivity contribution is -0.147. The van der Waals surface area contributed by atoms with E-state index in [1.165, 1.54) is 14.2 Å². The minimum atomic E-state index is -3.18. The van der Waals surface area contributed by atoms with E-state index in [4.69, 9.17) is 28.0 Å². The number of hydrogen-bond donors (Lipinski definition) is 0. The van der Waals surface area contributed by atoms with Crippen LogP contribution < -0.4 is 9.47 Å². The van der Waals surface area contributed by atoms with Crippen molar-refractivity contribution in [2.75, 3.05) is 40.7 Å². The van der Waals surface area contributed by atoms with Gasteiger partial charge in [-0.1, -0.05) is 63.1 Å². The number of carbonyl (C=O) groups is 2. The molecule has 0 N–H and O–H groups in total. The molecule has 12 heteroatoms. The van der Waals surface area contributed by atoms with E-state index in [9.17, 15) is 14.2 Å². The lowest BCUT2D eigenvalue weighted by atomic mass is 9.93. The molecule has 2 rings (SSSR count). The summed E-state index contributed by atoms with van der Waals surface area (Å²) < 4.78 is 45.8. The predicted molar refractivity (Wildman–Crippen MR) is 185 cm³/mol. The standard InChI is InChI=1S/C33H55O9PSi2/c1-24(22-26(32(34)41-18-21-45(9,10)11)14-12-13-19-43(36,38-4)39-5)15-16-27-30(37-3)25(2)28-23-42-33(35)29(28)31(27)40-17-20-44(6,7)8/h12-13,15,26H,14,16-23H2,1-11H3. The number of hydrogen-bond acceptors (Lipinski definition) is 9. The second-order valence-electron chi connectivity index (χ2n) is 14.1. The van der Waals surface area contributed by atoms with E-state index in [-0.39, 0.29) is 24.7 Å². The number of methoxy groups -OCH3 is 1. The van der Waals surface area contributed by atoms with Gasteiger partial charge < -0.3 is 28.0 Å². The molecule has 1 heterocycles. The first-order valence-corrected chi connectivity index (χ1v) is 24.8. The maximum atomic E-state index is 13.2. The topological polar surface area (TPSA) is 107 Å². The van der Waals surface area contributed by atoms with Gasteiger partial charge in [0, 0.05) is 41.5 Å². The number of rotatable bonds is 19. The first-order valence-electron chi connectivity index (χ1n) is 15.6. The Morgan fingerprint density at radius 2 is 1.60 bits per heavy atom.